The summed E-state index contributed by atoms with van der Waals surface area (Å²) in [6, 6.07) is 22.0. The number of epoxide rings is 1. The minimum absolute atomic E-state index is 0.0179. The summed E-state index contributed by atoms with van der Waals surface area (Å²) in [5, 5.41) is 0. The molecule has 5 fully saturated rings. The summed E-state index contributed by atoms with van der Waals surface area (Å²) in [6.07, 6.45) is 4.92. The maximum Gasteiger partial charge on any atom is 0.311 e. The number of ether oxygens (including phenoxy) is 2. The van der Waals surface area contributed by atoms with E-state index in [1.807, 2.05) is 0 Å². The van der Waals surface area contributed by atoms with Crippen LogP contribution in [0.4, 0.5) is 0 Å². The number of esters is 1. The van der Waals surface area contributed by atoms with Gasteiger partial charge in [-0.2, -0.15) is 0 Å². The standard InChI is InChI=1S/C32H40N2O3/c1-22-10-9-15-31(2)20-26-27(29-32(22,31)37-29)25(30(35)36-26)21-33-16-18-34(19-17-33)28(23-11-5-3-6-12-23)24-13-7-4-8-14-24/h3-8,11-14,22,25-29H,9-10,15-21H2,1-2H3/t22-,25+,26-,27+,29+,31+,32-/m1/s1. The largest absolute Gasteiger partial charge is 0.462 e. The molecule has 196 valence electrons. The number of benzene rings is 2. The SMILES string of the molecule is C[C@@H]1CCC[C@@]2(C)C[C@H]3OC(=O)[C@@H](CN4CCN(C(c5ccccc5)c5ccccc5)CC4)[C@@H]3[C@@H]3O[C@]132. The van der Waals surface area contributed by atoms with Gasteiger partial charge in [-0.1, -0.05) is 80.9 Å². The van der Waals surface area contributed by atoms with Crippen molar-refractivity contribution >= 4 is 5.97 Å². The van der Waals surface area contributed by atoms with Crippen molar-refractivity contribution in [1.29, 1.82) is 0 Å². The minimum Gasteiger partial charge on any atom is -0.462 e. The van der Waals surface area contributed by atoms with Crippen LogP contribution < -0.4 is 0 Å². The molecule has 2 aliphatic carbocycles. The quantitative estimate of drug-likeness (QED) is 0.431. The van der Waals surface area contributed by atoms with E-state index >= 15 is 0 Å². The topological polar surface area (TPSA) is 45.3 Å². The van der Waals surface area contributed by atoms with E-state index in [1.54, 1.807) is 0 Å². The number of nitrogens with zero attached hydrogens (tertiary/aromatic N) is 2. The Morgan fingerprint density at radius 1 is 0.973 bits per heavy atom. The number of piperazine rings is 1. The second-order valence-corrected chi connectivity index (χ2v) is 12.6. The number of hydrogen-bond acceptors (Lipinski definition) is 5. The predicted octanol–water partition coefficient (Wildman–Crippen LogP) is 4.92. The summed E-state index contributed by atoms with van der Waals surface area (Å²) in [4.78, 5) is 18.3. The first-order valence-electron chi connectivity index (χ1n) is 14.4. The number of carbonyl (C=O) groups excluding carboxylic acids is 1. The molecule has 3 heterocycles. The molecule has 2 aromatic rings. The van der Waals surface area contributed by atoms with Crippen LogP contribution in [0.15, 0.2) is 60.7 Å². The highest BCUT2D eigenvalue weighted by molar-refractivity contribution is 5.76. The average Bonchev–Trinajstić information content (AvgIpc) is 3.60. The molecule has 5 aliphatic rings. The number of hydrogen-bond donors (Lipinski definition) is 0. The first-order valence-corrected chi connectivity index (χ1v) is 14.4. The molecule has 0 radical (unpaired) electrons. The summed E-state index contributed by atoms with van der Waals surface area (Å²) in [5.74, 6) is 0.758. The fourth-order valence-corrected chi connectivity index (χ4v) is 8.81. The Hall–Kier alpha value is -2.21. The van der Waals surface area contributed by atoms with Gasteiger partial charge in [-0.15, -0.1) is 0 Å². The molecule has 0 bridgehead atoms. The van der Waals surface area contributed by atoms with Crippen LogP contribution in [0.1, 0.15) is 56.7 Å². The second-order valence-electron chi connectivity index (χ2n) is 12.6. The Labute approximate surface area is 221 Å². The van der Waals surface area contributed by atoms with Gasteiger partial charge < -0.3 is 9.47 Å². The maximum absolute atomic E-state index is 13.2. The van der Waals surface area contributed by atoms with Gasteiger partial charge in [0, 0.05) is 44.1 Å². The van der Waals surface area contributed by atoms with Crippen molar-refractivity contribution < 1.29 is 14.3 Å². The zero-order valence-electron chi connectivity index (χ0n) is 22.2. The van der Waals surface area contributed by atoms with E-state index in [4.69, 9.17) is 9.47 Å². The molecule has 2 aromatic carbocycles. The molecular weight excluding hydrogens is 460 g/mol. The molecular formula is C32H40N2O3. The normalized spacial score (nSPS) is 39.5. The Kier molecular flexibility index (Phi) is 5.76. The van der Waals surface area contributed by atoms with Gasteiger partial charge in [0.05, 0.1) is 18.1 Å². The second kappa shape index (κ2) is 8.93. The lowest BCUT2D eigenvalue weighted by Crippen LogP contribution is -2.55. The lowest BCUT2D eigenvalue weighted by Gasteiger charge is -2.49. The Morgan fingerprint density at radius 3 is 2.27 bits per heavy atom. The van der Waals surface area contributed by atoms with Gasteiger partial charge in [-0.05, 0) is 36.3 Å². The summed E-state index contributed by atoms with van der Waals surface area (Å²) in [6.45, 7) is 9.50. The van der Waals surface area contributed by atoms with E-state index in [0.29, 0.717) is 5.92 Å². The van der Waals surface area contributed by atoms with Crippen LogP contribution in [0.25, 0.3) is 0 Å². The van der Waals surface area contributed by atoms with Crippen molar-refractivity contribution in [3.8, 4) is 0 Å². The molecule has 0 aromatic heterocycles. The van der Waals surface area contributed by atoms with Crippen molar-refractivity contribution in [1.82, 2.24) is 9.80 Å². The van der Waals surface area contributed by atoms with Crippen LogP contribution in [0, 0.1) is 23.2 Å². The molecule has 7 rings (SSSR count). The highest BCUT2D eigenvalue weighted by Gasteiger charge is 2.78. The number of carbonyl (C=O) groups is 1. The van der Waals surface area contributed by atoms with Crippen LogP contribution in [-0.4, -0.2) is 66.3 Å². The molecule has 5 heteroatoms. The lowest BCUT2D eigenvalue weighted by molar-refractivity contribution is -0.146. The third kappa shape index (κ3) is 3.72. The van der Waals surface area contributed by atoms with E-state index in [9.17, 15) is 4.79 Å². The van der Waals surface area contributed by atoms with E-state index < -0.39 is 0 Å². The summed E-state index contributed by atoms with van der Waals surface area (Å²) in [5.41, 5.74) is 2.82. The molecule has 2 saturated carbocycles. The molecule has 37 heavy (non-hydrogen) atoms. The first kappa shape index (κ1) is 23.9. The smallest absolute Gasteiger partial charge is 0.311 e. The molecule has 1 spiro atoms. The van der Waals surface area contributed by atoms with Gasteiger partial charge in [0.2, 0.25) is 0 Å². The lowest BCUT2D eigenvalue weighted by atomic mass is 9.53. The van der Waals surface area contributed by atoms with Crippen molar-refractivity contribution in [2.45, 2.75) is 63.4 Å². The van der Waals surface area contributed by atoms with E-state index in [0.717, 1.165) is 39.1 Å². The minimum atomic E-state index is -0.0568. The van der Waals surface area contributed by atoms with Crippen LogP contribution in [0.2, 0.25) is 0 Å². The van der Waals surface area contributed by atoms with Crippen LogP contribution in [0.5, 0.6) is 0 Å². The average molecular weight is 501 g/mol. The van der Waals surface area contributed by atoms with Crippen molar-refractivity contribution in [2.75, 3.05) is 32.7 Å². The summed E-state index contributed by atoms with van der Waals surface area (Å²) < 4.78 is 12.7. The third-order valence-electron chi connectivity index (χ3n) is 10.7. The highest BCUT2D eigenvalue weighted by atomic mass is 16.6. The van der Waals surface area contributed by atoms with Gasteiger partial charge in [0.25, 0.3) is 0 Å². The van der Waals surface area contributed by atoms with Crippen LogP contribution in [-0.2, 0) is 14.3 Å². The van der Waals surface area contributed by atoms with Crippen molar-refractivity contribution in [3.05, 3.63) is 71.8 Å². The highest BCUT2D eigenvalue weighted by Crippen LogP contribution is 2.70. The zero-order chi connectivity index (χ0) is 25.2. The number of fused-ring (bicyclic) bond motifs is 2. The van der Waals surface area contributed by atoms with Crippen molar-refractivity contribution in [2.24, 2.45) is 23.2 Å². The van der Waals surface area contributed by atoms with E-state index in [2.05, 4.69) is 84.3 Å². The van der Waals surface area contributed by atoms with Gasteiger partial charge in [-0.25, -0.2) is 0 Å². The Morgan fingerprint density at radius 2 is 1.62 bits per heavy atom. The third-order valence-corrected chi connectivity index (χ3v) is 10.7. The first-order chi connectivity index (χ1) is 18.0. The molecule has 3 saturated heterocycles. The molecule has 3 aliphatic heterocycles. The molecule has 0 unspecified atom stereocenters. The van der Waals surface area contributed by atoms with E-state index in [-0.39, 0.29) is 47.1 Å². The Bertz CT molecular complexity index is 1090. The molecule has 7 atom stereocenters. The zero-order valence-corrected chi connectivity index (χ0v) is 22.2. The van der Waals surface area contributed by atoms with Gasteiger partial charge in [-0.3, -0.25) is 14.6 Å². The Balaban J connectivity index is 1.05. The summed E-state index contributed by atoms with van der Waals surface area (Å²) >= 11 is 0. The fraction of sp³-hybridized carbons (Fsp3) is 0.594. The predicted molar refractivity (Wildman–Crippen MR) is 143 cm³/mol. The maximum atomic E-state index is 13.2. The van der Waals surface area contributed by atoms with Crippen LogP contribution in [0.3, 0.4) is 0 Å². The molecule has 0 amide bonds. The van der Waals surface area contributed by atoms with Crippen LogP contribution >= 0.6 is 0 Å². The monoisotopic (exact) mass is 500 g/mol. The molecule has 5 nitrogen and oxygen atoms in total. The van der Waals surface area contributed by atoms with Gasteiger partial charge in [0.1, 0.15) is 11.7 Å². The van der Waals surface area contributed by atoms with E-state index in [1.165, 1.54) is 30.4 Å². The fourth-order valence-electron chi connectivity index (χ4n) is 8.81. The summed E-state index contributed by atoms with van der Waals surface area (Å²) in [7, 11) is 0. The molecule has 0 N–H and O–H groups in total. The van der Waals surface area contributed by atoms with Gasteiger partial charge in [0.15, 0.2) is 0 Å². The van der Waals surface area contributed by atoms with Crippen molar-refractivity contribution in [3.63, 3.8) is 0 Å². The number of rotatable bonds is 5. The van der Waals surface area contributed by atoms with Gasteiger partial charge >= 0.3 is 5.97 Å².